The molecule has 0 aliphatic carbocycles. The van der Waals surface area contributed by atoms with E-state index in [-0.39, 0.29) is 5.91 Å². The number of hydrogen-bond acceptors (Lipinski definition) is 4. The van der Waals surface area contributed by atoms with Gasteiger partial charge >= 0.3 is 0 Å². The fourth-order valence-electron chi connectivity index (χ4n) is 2.64. The number of rotatable bonds is 4. The lowest BCUT2D eigenvalue weighted by Gasteiger charge is -2.15. The van der Waals surface area contributed by atoms with Crippen molar-refractivity contribution in [2.24, 2.45) is 0 Å². The molecule has 0 unspecified atom stereocenters. The lowest BCUT2D eigenvalue weighted by molar-refractivity contribution is 0.0786. The van der Waals surface area contributed by atoms with Crippen molar-refractivity contribution >= 4 is 23.3 Å². The topological polar surface area (TPSA) is 58.1 Å². The molecule has 3 rings (SSSR count). The predicted molar refractivity (Wildman–Crippen MR) is 90.7 cm³/mol. The fourth-order valence-corrected chi connectivity index (χ4v) is 2.77. The first-order valence-electron chi connectivity index (χ1n) is 7.75. The number of amides is 1. The van der Waals surface area contributed by atoms with Gasteiger partial charge in [-0.1, -0.05) is 23.7 Å². The minimum Gasteiger partial charge on any atom is -0.366 e. The van der Waals surface area contributed by atoms with Gasteiger partial charge in [0.1, 0.15) is 17.3 Å². The molecule has 0 radical (unpaired) electrons. The van der Waals surface area contributed by atoms with Crippen molar-refractivity contribution in [2.75, 3.05) is 18.4 Å². The highest BCUT2D eigenvalue weighted by Gasteiger charge is 2.21. The molecule has 5 nitrogen and oxygen atoms in total. The van der Waals surface area contributed by atoms with Crippen molar-refractivity contribution in [1.82, 2.24) is 14.9 Å². The lowest BCUT2D eigenvalue weighted by Crippen LogP contribution is -2.28. The molecule has 1 amide bonds. The SMILES string of the molecule is Cc1nc(NCc2ccc(Cl)cc2)cc(C(=O)N2CCCC2)n1. The smallest absolute Gasteiger partial charge is 0.272 e. The standard InChI is InChI=1S/C17H19ClN4O/c1-12-20-15(17(23)22-8-2-3-9-22)10-16(21-12)19-11-13-4-6-14(18)7-5-13/h4-7,10H,2-3,8-9,11H2,1H3,(H,19,20,21). The van der Waals surface area contributed by atoms with Crippen LogP contribution < -0.4 is 5.32 Å². The Morgan fingerprint density at radius 1 is 1.22 bits per heavy atom. The molecule has 1 aliphatic heterocycles. The maximum Gasteiger partial charge on any atom is 0.272 e. The average molecular weight is 331 g/mol. The molecule has 1 fully saturated rings. The van der Waals surface area contributed by atoms with Gasteiger partial charge in [-0.25, -0.2) is 9.97 Å². The van der Waals surface area contributed by atoms with Gasteiger partial charge < -0.3 is 10.2 Å². The lowest BCUT2D eigenvalue weighted by atomic mass is 10.2. The summed E-state index contributed by atoms with van der Waals surface area (Å²) in [4.78, 5) is 22.9. The van der Waals surface area contributed by atoms with Crippen LogP contribution in [0.5, 0.6) is 0 Å². The number of anilines is 1. The quantitative estimate of drug-likeness (QED) is 0.934. The molecule has 6 heteroatoms. The van der Waals surface area contributed by atoms with Crippen LogP contribution in [0.15, 0.2) is 30.3 Å². The Labute approximate surface area is 140 Å². The molecule has 0 atom stereocenters. The van der Waals surface area contributed by atoms with Gasteiger partial charge in [0.15, 0.2) is 0 Å². The van der Waals surface area contributed by atoms with E-state index in [4.69, 9.17) is 11.6 Å². The highest BCUT2D eigenvalue weighted by Crippen LogP contribution is 2.15. The molecular formula is C17H19ClN4O. The second-order valence-electron chi connectivity index (χ2n) is 5.66. The third-order valence-electron chi connectivity index (χ3n) is 3.84. The molecule has 1 aliphatic rings. The van der Waals surface area contributed by atoms with Crippen LogP contribution in [-0.2, 0) is 6.54 Å². The zero-order valence-electron chi connectivity index (χ0n) is 13.1. The number of aromatic nitrogens is 2. The van der Waals surface area contributed by atoms with Gasteiger partial charge in [-0.2, -0.15) is 0 Å². The summed E-state index contributed by atoms with van der Waals surface area (Å²) in [7, 11) is 0. The Bertz CT molecular complexity index is 696. The first-order valence-corrected chi connectivity index (χ1v) is 8.13. The first kappa shape index (κ1) is 15.7. The molecule has 0 saturated carbocycles. The third-order valence-corrected chi connectivity index (χ3v) is 4.09. The Morgan fingerprint density at radius 3 is 2.61 bits per heavy atom. The van der Waals surface area contributed by atoms with Crippen molar-refractivity contribution in [2.45, 2.75) is 26.3 Å². The summed E-state index contributed by atoms with van der Waals surface area (Å²) in [6, 6.07) is 9.35. The van der Waals surface area contributed by atoms with Gasteiger partial charge in [-0.3, -0.25) is 4.79 Å². The van der Waals surface area contributed by atoms with Crippen LogP contribution in [0.2, 0.25) is 5.02 Å². The summed E-state index contributed by atoms with van der Waals surface area (Å²) in [5.41, 5.74) is 1.55. The minimum absolute atomic E-state index is 0.0115. The molecule has 0 spiro atoms. The van der Waals surface area contributed by atoms with Gasteiger partial charge in [0.25, 0.3) is 5.91 Å². The van der Waals surface area contributed by atoms with Crippen molar-refractivity contribution < 1.29 is 4.79 Å². The number of carbonyl (C=O) groups excluding carboxylic acids is 1. The summed E-state index contributed by atoms with van der Waals surface area (Å²) >= 11 is 5.88. The highest BCUT2D eigenvalue weighted by atomic mass is 35.5. The van der Waals surface area contributed by atoms with Crippen molar-refractivity contribution in [3.8, 4) is 0 Å². The van der Waals surface area contributed by atoms with Crippen LogP contribution in [0.4, 0.5) is 5.82 Å². The maximum absolute atomic E-state index is 12.5. The van der Waals surface area contributed by atoms with Crippen LogP contribution in [-0.4, -0.2) is 33.9 Å². The molecule has 0 bridgehead atoms. The number of benzene rings is 1. The van der Waals surface area contributed by atoms with E-state index in [2.05, 4.69) is 15.3 Å². The van der Waals surface area contributed by atoms with Crippen molar-refractivity contribution in [3.05, 3.63) is 52.4 Å². The summed E-state index contributed by atoms with van der Waals surface area (Å²) in [5, 5.41) is 3.96. The number of carbonyl (C=O) groups is 1. The molecule has 2 aromatic rings. The third kappa shape index (κ3) is 3.99. The van der Waals surface area contributed by atoms with E-state index >= 15 is 0 Å². The molecule has 1 aromatic carbocycles. The number of nitrogens with zero attached hydrogens (tertiary/aromatic N) is 3. The van der Waals surface area contributed by atoms with Crippen molar-refractivity contribution in [1.29, 1.82) is 0 Å². The van der Waals surface area contributed by atoms with Crippen LogP contribution in [0.1, 0.15) is 34.7 Å². The zero-order chi connectivity index (χ0) is 16.2. The molecule has 2 heterocycles. The van der Waals surface area contributed by atoms with Crippen LogP contribution >= 0.6 is 11.6 Å². The molecular weight excluding hydrogens is 312 g/mol. The Morgan fingerprint density at radius 2 is 1.91 bits per heavy atom. The van der Waals surface area contributed by atoms with Crippen LogP contribution in [0.25, 0.3) is 0 Å². The van der Waals surface area contributed by atoms with Gasteiger partial charge in [0.2, 0.25) is 0 Å². The Hall–Kier alpha value is -2.14. The Balaban J connectivity index is 1.72. The van der Waals surface area contributed by atoms with Gasteiger partial charge in [-0.15, -0.1) is 0 Å². The van der Waals surface area contributed by atoms with Gasteiger partial charge in [0, 0.05) is 30.7 Å². The molecule has 1 N–H and O–H groups in total. The summed E-state index contributed by atoms with van der Waals surface area (Å²) in [5.74, 6) is 1.24. The number of likely N-dealkylation sites (tertiary alicyclic amines) is 1. The second kappa shape index (κ2) is 6.96. The van der Waals surface area contributed by atoms with Gasteiger partial charge in [0.05, 0.1) is 0 Å². The molecule has 1 aromatic heterocycles. The summed E-state index contributed by atoms with van der Waals surface area (Å²) in [6.45, 7) is 4.05. The number of halogens is 1. The van der Waals surface area contributed by atoms with E-state index in [1.165, 1.54) is 0 Å². The fraction of sp³-hybridized carbons (Fsp3) is 0.353. The first-order chi connectivity index (χ1) is 11.1. The Kier molecular flexibility index (Phi) is 4.76. The largest absolute Gasteiger partial charge is 0.366 e. The predicted octanol–water partition coefficient (Wildman–Crippen LogP) is 3.29. The van der Waals surface area contributed by atoms with E-state index in [1.54, 1.807) is 13.0 Å². The number of hydrogen-bond donors (Lipinski definition) is 1. The summed E-state index contributed by atoms with van der Waals surface area (Å²) in [6.07, 6.45) is 2.13. The van der Waals surface area contributed by atoms with Crippen LogP contribution in [0, 0.1) is 6.92 Å². The van der Waals surface area contributed by atoms with E-state index in [1.807, 2.05) is 29.2 Å². The highest BCUT2D eigenvalue weighted by molar-refractivity contribution is 6.30. The van der Waals surface area contributed by atoms with Crippen molar-refractivity contribution in [3.63, 3.8) is 0 Å². The number of aryl methyl sites for hydroxylation is 1. The molecule has 120 valence electrons. The minimum atomic E-state index is -0.0115. The molecule has 1 saturated heterocycles. The maximum atomic E-state index is 12.5. The van der Waals surface area contributed by atoms with Gasteiger partial charge in [-0.05, 0) is 37.5 Å². The second-order valence-corrected chi connectivity index (χ2v) is 6.10. The monoisotopic (exact) mass is 330 g/mol. The number of nitrogens with one attached hydrogen (secondary N) is 1. The van der Waals surface area contributed by atoms with Crippen LogP contribution in [0.3, 0.4) is 0 Å². The van der Waals surface area contributed by atoms with E-state index < -0.39 is 0 Å². The average Bonchev–Trinajstić information content (AvgIpc) is 3.07. The zero-order valence-corrected chi connectivity index (χ0v) is 13.8. The normalized spacial score (nSPS) is 14.1. The van der Waals surface area contributed by atoms with E-state index in [9.17, 15) is 4.79 Å². The summed E-state index contributed by atoms with van der Waals surface area (Å²) < 4.78 is 0. The van der Waals surface area contributed by atoms with E-state index in [0.29, 0.717) is 28.9 Å². The molecule has 23 heavy (non-hydrogen) atoms. The van der Waals surface area contributed by atoms with E-state index in [0.717, 1.165) is 31.5 Å².